The molecule has 2 rings (SSSR count). The predicted molar refractivity (Wildman–Crippen MR) is 62.0 cm³/mol. The Bertz CT molecular complexity index is 257. The maximum atomic E-state index is 12.2. The summed E-state index contributed by atoms with van der Waals surface area (Å²) in [6.07, 6.45) is 3.12. The molecule has 1 amide bonds. The third kappa shape index (κ3) is 2.55. The lowest BCUT2D eigenvalue weighted by Crippen LogP contribution is -2.42. The predicted octanol–water partition coefficient (Wildman–Crippen LogP) is 0.169. The Morgan fingerprint density at radius 1 is 1.31 bits per heavy atom. The highest BCUT2D eigenvalue weighted by atomic mass is 16.3. The molecule has 0 aromatic heterocycles. The van der Waals surface area contributed by atoms with E-state index in [0.29, 0.717) is 11.8 Å². The molecule has 2 aliphatic heterocycles. The number of piperidine rings is 1. The van der Waals surface area contributed by atoms with Crippen LogP contribution in [0.1, 0.15) is 19.3 Å². The molecule has 2 heterocycles. The minimum atomic E-state index is 0.191. The summed E-state index contributed by atoms with van der Waals surface area (Å²) in [6, 6.07) is 0. The molecule has 2 atom stereocenters. The summed E-state index contributed by atoms with van der Waals surface area (Å²) in [4.78, 5) is 16.4. The maximum absolute atomic E-state index is 12.2. The maximum Gasteiger partial charge on any atom is 0.226 e. The summed E-state index contributed by atoms with van der Waals surface area (Å²) in [5.74, 6) is 0.809. The zero-order valence-electron chi connectivity index (χ0n) is 10.1. The molecule has 0 unspecified atom stereocenters. The fourth-order valence-corrected chi connectivity index (χ4v) is 2.81. The lowest BCUT2D eigenvalue weighted by molar-refractivity contribution is -0.136. The lowest BCUT2D eigenvalue weighted by atomic mass is 9.97. The molecule has 4 heteroatoms. The van der Waals surface area contributed by atoms with Gasteiger partial charge in [-0.05, 0) is 32.9 Å². The van der Waals surface area contributed by atoms with Gasteiger partial charge in [0.05, 0.1) is 5.92 Å². The first-order valence-electron chi connectivity index (χ1n) is 6.29. The molecule has 0 radical (unpaired) electrons. The number of likely N-dealkylation sites (tertiary alicyclic amines) is 2. The standard InChI is InChI=1S/C12H22N2O2/c1-13-5-2-3-11(8-13)12(16)14-6-4-10(7-14)9-15/h10-11,15H,2-9H2,1H3/t10-,11-/m1/s1. The van der Waals surface area contributed by atoms with Crippen molar-refractivity contribution < 1.29 is 9.90 Å². The smallest absolute Gasteiger partial charge is 0.226 e. The number of rotatable bonds is 2. The molecule has 2 aliphatic rings. The van der Waals surface area contributed by atoms with Gasteiger partial charge in [0.1, 0.15) is 0 Å². The van der Waals surface area contributed by atoms with Gasteiger partial charge < -0.3 is 14.9 Å². The van der Waals surface area contributed by atoms with Crippen LogP contribution < -0.4 is 0 Å². The highest BCUT2D eigenvalue weighted by molar-refractivity contribution is 5.79. The minimum Gasteiger partial charge on any atom is -0.396 e. The third-order valence-corrected chi connectivity index (χ3v) is 3.83. The molecular formula is C12H22N2O2. The van der Waals surface area contributed by atoms with Crippen LogP contribution in [0.2, 0.25) is 0 Å². The third-order valence-electron chi connectivity index (χ3n) is 3.83. The van der Waals surface area contributed by atoms with Crippen molar-refractivity contribution in [1.82, 2.24) is 9.80 Å². The molecule has 0 saturated carbocycles. The summed E-state index contributed by atoms with van der Waals surface area (Å²) in [7, 11) is 2.08. The van der Waals surface area contributed by atoms with Crippen LogP contribution in [0.4, 0.5) is 0 Å². The first kappa shape index (κ1) is 11.9. The molecule has 2 fully saturated rings. The van der Waals surface area contributed by atoms with Crippen LogP contribution in [-0.2, 0) is 4.79 Å². The Morgan fingerprint density at radius 2 is 2.12 bits per heavy atom. The van der Waals surface area contributed by atoms with E-state index in [1.54, 1.807) is 0 Å². The van der Waals surface area contributed by atoms with Crippen LogP contribution in [0, 0.1) is 11.8 Å². The van der Waals surface area contributed by atoms with Crippen molar-refractivity contribution in [1.29, 1.82) is 0 Å². The number of carbonyl (C=O) groups is 1. The van der Waals surface area contributed by atoms with Gasteiger partial charge in [0.2, 0.25) is 5.91 Å². The Balaban J connectivity index is 1.87. The topological polar surface area (TPSA) is 43.8 Å². The molecule has 92 valence electrons. The number of aliphatic hydroxyl groups is 1. The van der Waals surface area contributed by atoms with E-state index in [0.717, 1.165) is 45.4 Å². The van der Waals surface area contributed by atoms with Crippen molar-refractivity contribution in [2.75, 3.05) is 39.8 Å². The summed E-state index contributed by atoms with van der Waals surface area (Å²) in [5.41, 5.74) is 0. The zero-order valence-corrected chi connectivity index (χ0v) is 10.1. The molecule has 0 spiro atoms. The molecule has 4 nitrogen and oxygen atoms in total. The Morgan fingerprint density at radius 3 is 2.75 bits per heavy atom. The van der Waals surface area contributed by atoms with Crippen LogP contribution in [0.5, 0.6) is 0 Å². The van der Waals surface area contributed by atoms with Crippen molar-refractivity contribution >= 4 is 5.91 Å². The highest BCUT2D eigenvalue weighted by Gasteiger charge is 2.32. The van der Waals surface area contributed by atoms with Crippen LogP contribution in [-0.4, -0.2) is 60.6 Å². The number of hydrogen-bond donors (Lipinski definition) is 1. The minimum absolute atomic E-state index is 0.191. The molecule has 2 saturated heterocycles. The van der Waals surface area contributed by atoms with E-state index in [1.807, 2.05) is 4.90 Å². The van der Waals surface area contributed by atoms with E-state index in [1.165, 1.54) is 0 Å². The number of hydrogen-bond acceptors (Lipinski definition) is 3. The second-order valence-corrected chi connectivity index (χ2v) is 5.22. The summed E-state index contributed by atoms with van der Waals surface area (Å²) in [6.45, 7) is 3.83. The largest absolute Gasteiger partial charge is 0.396 e. The van der Waals surface area contributed by atoms with Gasteiger partial charge in [0.25, 0.3) is 0 Å². The summed E-state index contributed by atoms with van der Waals surface area (Å²) >= 11 is 0. The van der Waals surface area contributed by atoms with Crippen molar-refractivity contribution in [3.05, 3.63) is 0 Å². The Labute approximate surface area is 97.2 Å². The van der Waals surface area contributed by atoms with Gasteiger partial charge in [0, 0.05) is 32.2 Å². The average molecular weight is 226 g/mol. The Kier molecular flexibility index (Phi) is 3.82. The van der Waals surface area contributed by atoms with E-state index >= 15 is 0 Å². The van der Waals surface area contributed by atoms with Crippen molar-refractivity contribution in [3.8, 4) is 0 Å². The highest BCUT2D eigenvalue weighted by Crippen LogP contribution is 2.22. The number of carbonyl (C=O) groups excluding carboxylic acids is 1. The second-order valence-electron chi connectivity index (χ2n) is 5.22. The van der Waals surface area contributed by atoms with E-state index in [-0.39, 0.29) is 12.5 Å². The molecule has 1 N–H and O–H groups in total. The molecule has 0 aromatic carbocycles. The van der Waals surface area contributed by atoms with Gasteiger partial charge >= 0.3 is 0 Å². The number of amides is 1. The van der Waals surface area contributed by atoms with Gasteiger partial charge in [-0.2, -0.15) is 0 Å². The fraction of sp³-hybridized carbons (Fsp3) is 0.917. The normalized spacial score (nSPS) is 32.0. The summed E-state index contributed by atoms with van der Waals surface area (Å²) in [5, 5.41) is 9.07. The van der Waals surface area contributed by atoms with E-state index in [9.17, 15) is 4.79 Å². The van der Waals surface area contributed by atoms with Crippen molar-refractivity contribution in [3.63, 3.8) is 0 Å². The number of aliphatic hydroxyl groups excluding tert-OH is 1. The van der Waals surface area contributed by atoms with Gasteiger partial charge in [-0.15, -0.1) is 0 Å². The first-order chi connectivity index (χ1) is 7.70. The molecule has 0 aromatic rings. The fourth-order valence-electron chi connectivity index (χ4n) is 2.81. The SMILES string of the molecule is CN1CCC[C@@H](C(=O)N2CC[C@@H](CO)C2)C1. The van der Waals surface area contributed by atoms with Gasteiger partial charge in [0.15, 0.2) is 0 Å². The van der Waals surface area contributed by atoms with Crippen LogP contribution >= 0.6 is 0 Å². The Hall–Kier alpha value is -0.610. The van der Waals surface area contributed by atoms with Gasteiger partial charge in [-0.25, -0.2) is 0 Å². The monoisotopic (exact) mass is 226 g/mol. The number of nitrogens with zero attached hydrogens (tertiary/aromatic N) is 2. The quantitative estimate of drug-likeness (QED) is 0.730. The average Bonchev–Trinajstić information content (AvgIpc) is 2.76. The second kappa shape index (κ2) is 5.15. The molecule has 0 aliphatic carbocycles. The molecular weight excluding hydrogens is 204 g/mol. The van der Waals surface area contributed by atoms with Crippen molar-refractivity contribution in [2.24, 2.45) is 11.8 Å². The first-order valence-corrected chi connectivity index (χ1v) is 6.29. The van der Waals surface area contributed by atoms with Crippen LogP contribution in [0.15, 0.2) is 0 Å². The van der Waals surface area contributed by atoms with Crippen LogP contribution in [0.3, 0.4) is 0 Å². The van der Waals surface area contributed by atoms with E-state index in [4.69, 9.17) is 5.11 Å². The molecule has 16 heavy (non-hydrogen) atoms. The molecule has 0 bridgehead atoms. The van der Waals surface area contributed by atoms with Crippen molar-refractivity contribution in [2.45, 2.75) is 19.3 Å². The van der Waals surface area contributed by atoms with E-state index in [2.05, 4.69) is 11.9 Å². The summed E-state index contributed by atoms with van der Waals surface area (Å²) < 4.78 is 0. The lowest BCUT2D eigenvalue weighted by Gasteiger charge is -2.31. The van der Waals surface area contributed by atoms with Crippen LogP contribution in [0.25, 0.3) is 0 Å². The van der Waals surface area contributed by atoms with E-state index < -0.39 is 0 Å². The zero-order chi connectivity index (χ0) is 11.5. The van der Waals surface area contributed by atoms with Gasteiger partial charge in [-0.1, -0.05) is 0 Å². The van der Waals surface area contributed by atoms with Gasteiger partial charge in [-0.3, -0.25) is 4.79 Å².